The topological polar surface area (TPSA) is 129 Å². The summed E-state index contributed by atoms with van der Waals surface area (Å²) < 4.78 is 10.6. The molecule has 2 aliphatic heterocycles. The van der Waals surface area contributed by atoms with Crippen LogP contribution in [-0.4, -0.2) is 78.1 Å². The number of phenolic OH excluding ortho intramolecular Hbond substituents is 2. The zero-order valence-corrected chi connectivity index (χ0v) is 20.3. The highest BCUT2D eigenvalue weighted by molar-refractivity contribution is 5.89. The number of nitrogens with one attached hydrogen (secondary N) is 1. The number of carbonyl (C=O) groups is 2. The van der Waals surface area contributed by atoms with E-state index in [2.05, 4.69) is 10.2 Å². The van der Waals surface area contributed by atoms with Gasteiger partial charge < -0.3 is 30.1 Å². The van der Waals surface area contributed by atoms with E-state index in [1.165, 1.54) is 19.2 Å². The molecular weight excluding hydrogens is 452 g/mol. The lowest BCUT2D eigenvalue weighted by Crippen LogP contribution is -2.53. The van der Waals surface area contributed by atoms with E-state index in [9.17, 15) is 14.7 Å². The summed E-state index contributed by atoms with van der Waals surface area (Å²) in [4.78, 5) is 26.7. The Kier molecular flexibility index (Phi) is 9.08. The number of fused-ring (bicyclic) bond motifs is 2. The number of aliphatic hydroxyl groups is 1. The number of hydrogen-bond acceptors (Lipinski definition) is 9. The fraction of sp³-hybridized carbons (Fsp3) is 0.462. The van der Waals surface area contributed by atoms with Crippen LogP contribution in [0.5, 0.6) is 11.5 Å². The minimum Gasteiger partial charge on any atom is -0.504 e. The summed E-state index contributed by atoms with van der Waals surface area (Å²) in [5.41, 5.74) is 1.09. The number of likely N-dealkylation sites (N-methyl/N-ethyl adjacent to an activating group) is 1. The molecule has 0 aromatic heterocycles. The number of aliphatic hydroxyl groups excluding tert-OH is 1. The van der Waals surface area contributed by atoms with Crippen molar-refractivity contribution < 1.29 is 34.4 Å². The quantitative estimate of drug-likeness (QED) is 0.359. The standard InChI is InChI=1S/C17H21NO4.C9H13NO3/c1-18-12-8-9-13(18)15(17(20)21-2)14(10-12)22-16(19)11-6-4-3-5-7-11;1-10-5-9(13)6-2-3-7(11)8(12)4-6/h3-7,12-15H,8-10H2,1-2H3;2-4,9-13H,5H2,1H3/t12-,13+,14-,15+;9-/m00/s1. The molecule has 0 spiro atoms. The maximum Gasteiger partial charge on any atom is 0.338 e. The first-order valence-electron chi connectivity index (χ1n) is 11.7. The third kappa shape index (κ3) is 6.30. The second-order valence-electron chi connectivity index (χ2n) is 8.88. The summed E-state index contributed by atoms with van der Waals surface area (Å²) in [6.45, 7) is 0.407. The number of piperidine rings is 1. The van der Waals surface area contributed by atoms with Gasteiger partial charge in [0.2, 0.25) is 0 Å². The van der Waals surface area contributed by atoms with Gasteiger partial charge in [-0.1, -0.05) is 24.3 Å². The first-order chi connectivity index (χ1) is 16.8. The molecule has 0 saturated carbocycles. The molecule has 0 unspecified atom stereocenters. The minimum atomic E-state index is -0.670. The number of benzene rings is 2. The molecular formula is C26H34N2O7. The maximum atomic E-state index is 12.3. The van der Waals surface area contributed by atoms with Crippen LogP contribution >= 0.6 is 0 Å². The molecule has 190 valence electrons. The lowest BCUT2D eigenvalue weighted by molar-refractivity contribution is -0.156. The molecule has 4 rings (SSSR count). The van der Waals surface area contributed by atoms with Gasteiger partial charge in [-0.15, -0.1) is 0 Å². The lowest BCUT2D eigenvalue weighted by Gasteiger charge is -2.40. The molecule has 2 fully saturated rings. The van der Waals surface area contributed by atoms with E-state index >= 15 is 0 Å². The van der Waals surface area contributed by atoms with Gasteiger partial charge >= 0.3 is 11.9 Å². The SMILES string of the molecule is CNC[C@H](O)c1ccc(O)c(O)c1.COC(=O)[C@H]1[C@@H](OC(=O)c2ccccc2)C[C@@H]2CC[C@H]1N2C. The fourth-order valence-electron chi connectivity index (χ4n) is 4.83. The van der Waals surface area contributed by atoms with Crippen molar-refractivity contribution in [3.63, 3.8) is 0 Å². The van der Waals surface area contributed by atoms with Crippen LogP contribution in [0.15, 0.2) is 48.5 Å². The number of phenols is 2. The molecule has 2 aromatic rings. The van der Waals surface area contributed by atoms with Gasteiger partial charge in [0.05, 0.1) is 18.8 Å². The molecule has 2 saturated heterocycles. The van der Waals surface area contributed by atoms with Crippen LogP contribution in [0, 0.1) is 5.92 Å². The summed E-state index contributed by atoms with van der Waals surface area (Å²) in [6.07, 6.45) is 1.59. The van der Waals surface area contributed by atoms with Gasteiger partial charge in [0.15, 0.2) is 11.5 Å². The Morgan fingerprint density at radius 1 is 1.11 bits per heavy atom. The number of esters is 2. The first kappa shape index (κ1) is 26.5. The van der Waals surface area contributed by atoms with Gasteiger partial charge in [-0.3, -0.25) is 9.69 Å². The summed E-state index contributed by atoms with van der Waals surface area (Å²) in [5.74, 6) is -1.46. The summed E-state index contributed by atoms with van der Waals surface area (Å²) in [7, 11) is 5.15. The molecule has 0 radical (unpaired) electrons. The van der Waals surface area contributed by atoms with Crippen molar-refractivity contribution in [3.8, 4) is 11.5 Å². The Bertz CT molecular complexity index is 1000. The summed E-state index contributed by atoms with van der Waals surface area (Å²) in [6, 6.07) is 13.6. The summed E-state index contributed by atoms with van der Waals surface area (Å²) in [5, 5.41) is 30.4. The van der Waals surface area contributed by atoms with Gasteiger partial charge in [0.25, 0.3) is 0 Å². The van der Waals surface area contributed by atoms with Crippen molar-refractivity contribution in [2.75, 3.05) is 27.7 Å². The molecule has 2 heterocycles. The van der Waals surface area contributed by atoms with Crippen LogP contribution in [-0.2, 0) is 14.3 Å². The van der Waals surface area contributed by atoms with Crippen molar-refractivity contribution in [1.29, 1.82) is 0 Å². The lowest BCUT2D eigenvalue weighted by atomic mass is 9.87. The van der Waals surface area contributed by atoms with Gasteiger partial charge in [-0.05, 0) is 56.8 Å². The van der Waals surface area contributed by atoms with E-state index in [1.807, 2.05) is 13.1 Å². The van der Waals surface area contributed by atoms with Crippen LogP contribution in [0.1, 0.15) is 41.3 Å². The molecule has 2 bridgehead atoms. The Morgan fingerprint density at radius 2 is 1.83 bits per heavy atom. The van der Waals surface area contributed by atoms with Crippen LogP contribution in [0.25, 0.3) is 0 Å². The van der Waals surface area contributed by atoms with Gasteiger partial charge in [-0.25, -0.2) is 4.79 Å². The Labute approximate surface area is 205 Å². The normalized spacial score (nSPS) is 24.1. The smallest absolute Gasteiger partial charge is 0.338 e. The number of nitrogens with zero attached hydrogens (tertiary/aromatic N) is 1. The number of methoxy groups -OCH3 is 1. The van der Waals surface area contributed by atoms with Crippen LogP contribution < -0.4 is 5.32 Å². The van der Waals surface area contributed by atoms with Crippen molar-refractivity contribution in [1.82, 2.24) is 10.2 Å². The Balaban J connectivity index is 0.000000225. The third-order valence-electron chi connectivity index (χ3n) is 6.74. The van der Waals surface area contributed by atoms with E-state index in [0.29, 0.717) is 30.1 Å². The molecule has 4 N–H and O–H groups in total. The van der Waals surface area contributed by atoms with Gasteiger partial charge in [-0.2, -0.15) is 0 Å². The number of hydrogen-bond donors (Lipinski definition) is 4. The monoisotopic (exact) mass is 486 g/mol. The fourth-order valence-corrected chi connectivity index (χ4v) is 4.83. The molecule has 0 aliphatic carbocycles. The first-order valence-corrected chi connectivity index (χ1v) is 11.7. The third-order valence-corrected chi connectivity index (χ3v) is 6.74. The van der Waals surface area contributed by atoms with E-state index in [-0.39, 0.29) is 29.5 Å². The van der Waals surface area contributed by atoms with Crippen LogP contribution in [0.3, 0.4) is 0 Å². The molecule has 9 heteroatoms. The average Bonchev–Trinajstić information content (AvgIpc) is 3.09. The molecule has 5 atom stereocenters. The highest BCUT2D eigenvalue weighted by Crippen LogP contribution is 2.40. The van der Waals surface area contributed by atoms with E-state index < -0.39 is 18.1 Å². The number of rotatable bonds is 6. The molecule has 2 aromatic carbocycles. The predicted octanol–water partition coefficient (Wildman–Crippen LogP) is 2.22. The zero-order valence-electron chi connectivity index (χ0n) is 20.3. The molecule has 2 aliphatic rings. The average molecular weight is 487 g/mol. The van der Waals surface area contributed by atoms with Gasteiger partial charge in [0, 0.05) is 25.0 Å². The van der Waals surface area contributed by atoms with Crippen LogP contribution in [0.2, 0.25) is 0 Å². The summed E-state index contributed by atoms with van der Waals surface area (Å²) >= 11 is 0. The predicted molar refractivity (Wildman–Crippen MR) is 129 cm³/mol. The van der Waals surface area contributed by atoms with Crippen molar-refractivity contribution >= 4 is 11.9 Å². The van der Waals surface area contributed by atoms with E-state index in [4.69, 9.17) is 19.7 Å². The largest absolute Gasteiger partial charge is 0.504 e. The van der Waals surface area contributed by atoms with Crippen molar-refractivity contribution in [3.05, 3.63) is 59.7 Å². The maximum absolute atomic E-state index is 12.3. The van der Waals surface area contributed by atoms with E-state index in [1.54, 1.807) is 37.4 Å². The number of aromatic hydroxyl groups is 2. The second-order valence-corrected chi connectivity index (χ2v) is 8.88. The van der Waals surface area contributed by atoms with Crippen LogP contribution in [0.4, 0.5) is 0 Å². The second kappa shape index (κ2) is 12.0. The highest BCUT2D eigenvalue weighted by Gasteiger charge is 2.51. The molecule has 35 heavy (non-hydrogen) atoms. The zero-order chi connectivity index (χ0) is 25.5. The molecule has 9 nitrogen and oxygen atoms in total. The van der Waals surface area contributed by atoms with E-state index in [0.717, 1.165) is 12.8 Å². The number of ether oxygens (including phenoxy) is 2. The minimum absolute atomic E-state index is 0.0970. The molecule has 0 amide bonds. The van der Waals surface area contributed by atoms with Crippen molar-refractivity contribution in [2.24, 2.45) is 5.92 Å². The Hall–Kier alpha value is -3.14. The number of carbonyl (C=O) groups excluding carboxylic acids is 2. The highest BCUT2D eigenvalue weighted by atomic mass is 16.6. The van der Waals surface area contributed by atoms with Gasteiger partial charge in [0.1, 0.15) is 12.0 Å². The Morgan fingerprint density at radius 3 is 2.46 bits per heavy atom. The van der Waals surface area contributed by atoms with Crippen molar-refractivity contribution in [2.45, 2.75) is 43.6 Å².